The Bertz CT molecular complexity index is 1020. The molecular weight excluding hydrogens is 371 g/mol. The Kier molecular flexibility index (Phi) is 6.27. The monoisotopic (exact) mass is 397 g/mol. The van der Waals surface area contributed by atoms with Crippen LogP contribution in [0.3, 0.4) is 0 Å². The number of carbonyl (C=O) groups excluding carboxylic acids is 2. The second kappa shape index (κ2) is 9.25. The number of anilines is 1. The summed E-state index contributed by atoms with van der Waals surface area (Å²) in [7, 11) is 1.52. The molecule has 5 heteroatoms. The maximum atomic E-state index is 12.9. The average molecular weight is 397 g/mol. The van der Waals surface area contributed by atoms with Crippen LogP contribution in [-0.2, 0) is 9.59 Å². The van der Waals surface area contributed by atoms with Crippen LogP contribution in [0.4, 0.5) is 5.69 Å². The number of benzene rings is 2. The van der Waals surface area contributed by atoms with Crippen molar-refractivity contribution >= 4 is 36.0 Å². The maximum Gasteiger partial charge on any atom is 0.220 e. The lowest BCUT2D eigenvalue weighted by atomic mass is 9.56. The Labute approximate surface area is 178 Å². The van der Waals surface area contributed by atoms with Gasteiger partial charge in [-0.2, -0.15) is 0 Å². The molecule has 1 aliphatic carbocycles. The molecule has 1 aliphatic rings. The van der Waals surface area contributed by atoms with Crippen LogP contribution in [0.2, 0.25) is 5.82 Å². The third-order valence-electron chi connectivity index (χ3n) is 6.31. The molecule has 1 N–H and O–H groups in total. The van der Waals surface area contributed by atoms with Crippen molar-refractivity contribution in [3.8, 4) is 0 Å². The zero-order valence-electron chi connectivity index (χ0n) is 17.3. The lowest BCUT2D eigenvalue weighted by Gasteiger charge is -2.33. The Balaban J connectivity index is 1.44. The standard InChI is InChI=1S/C25H26BN2O2/c1-17-6-12-20(13-7-17)28-25(30)24(26-16-29)19-10-8-18(9-11-19)21-14-15-27-23-5-3-2-4-22(21)23/h2-7,12-16,18-19,24H,8-11H2,1H3,(H,28,30). The minimum atomic E-state index is -0.390. The lowest BCUT2D eigenvalue weighted by molar-refractivity contribution is -0.117. The Morgan fingerprint density at radius 3 is 2.53 bits per heavy atom. The first-order valence-corrected chi connectivity index (χ1v) is 10.7. The van der Waals surface area contributed by atoms with Gasteiger partial charge in [-0.25, -0.2) is 0 Å². The van der Waals surface area contributed by atoms with Crippen molar-refractivity contribution in [2.75, 3.05) is 5.32 Å². The highest BCUT2D eigenvalue weighted by atomic mass is 16.2. The highest BCUT2D eigenvalue weighted by molar-refractivity contribution is 6.71. The number of fused-ring (bicyclic) bond motifs is 1. The second-order valence-electron chi connectivity index (χ2n) is 8.24. The molecule has 0 aliphatic heterocycles. The summed E-state index contributed by atoms with van der Waals surface area (Å²) in [6, 6.07) is 18.1. The molecular formula is C25H26BN2O2. The van der Waals surface area contributed by atoms with Crippen molar-refractivity contribution in [3.63, 3.8) is 0 Å². The lowest BCUT2D eigenvalue weighted by Crippen LogP contribution is -2.31. The first-order chi connectivity index (χ1) is 14.7. The van der Waals surface area contributed by atoms with E-state index in [1.165, 1.54) is 18.2 Å². The van der Waals surface area contributed by atoms with E-state index in [1.54, 1.807) is 0 Å². The van der Waals surface area contributed by atoms with Crippen molar-refractivity contribution in [1.82, 2.24) is 4.98 Å². The molecule has 4 nitrogen and oxygen atoms in total. The van der Waals surface area contributed by atoms with E-state index in [-0.39, 0.29) is 17.6 Å². The molecule has 30 heavy (non-hydrogen) atoms. The Morgan fingerprint density at radius 2 is 1.80 bits per heavy atom. The summed E-state index contributed by atoms with van der Waals surface area (Å²) in [6.07, 6.45) is 6.54. The Morgan fingerprint density at radius 1 is 1.07 bits per heavy atom. The predicted octanol–water partition coefficient (Wildman–Crippen LogP) is 5.14. The number of aromatic nitrogens is 1. The second-order valence-corrected chi connectivity index (χ2v) is 8.24. The number of nitrogens with zero attached hydrogens (tertiary/aromatic N) is 1. The SMILES string of the molecule is Cc1ccc(NC(=O)C([B]C=O)C2CCC(c3ccnc4ccccc34)CC2)cc1. The van der Waals surface area contributed by atoms with E-state index in [0.29, 0.717) is 5.92 Å². The largest absolute Gasteiger partial charge is 0.326 e. The summed E-state index contributed by atoms with van der Waals surface area (Å²) in [5.41, 5.74) is 4.29. The first-order valence-electron chi connectivity index (χ1n) is 10.7. The maximum absolute atomic E-state index is 12.9. The van der Waals surface area contributed by atoms with Gasteiger partial charge in [0.05, 0.1) is 11.7 Å². The summed E-state index contributed by atoms with van der Waals surface area (Å²) in [5, 5.41) is 4.20. The molecule has 1 aromatic heterocycles. The molecule has 1 fully saturated rings. The zero-order valence-corrected chi connectivity index (χ0v) is 17.3. The fourth-order valence-electron chi connectivity index (χ4n) is 4.67. The molecule has 0 saturated heterocycles. The molecule has 1 unspecified atom stereocenters. The summed E-state index contributed by atoms with van der Waals surface area (Å²) in [6.45, 7) is 2.01. The van der Waals surface area contributed by atoms with Crippen molar-refractivity contribution in [3.05, 3.63) is 71.9 Å². The number of aryl methyl sites for hydroxylation is 1. The molecule has 151 valence electrons. The summed E-state index contributed by atoms with van der Waals surface area (Å²) >= 11 is 0. The minimum absolute atomic E-state index is 0.0937. The first kappa shape index (κ1) is 20.3. The number of rotatable bonds is 6. The van der Waals surface area contributed by atoms with E-state index in [0.717, 1.165) is 48.6 Å². The molecule has 1 radical (unpaired) electrons. The van der Waals surface area contributed by atoms with Crippen LogP contribution in [0.25, 0.3) is 10.9 Å². The third-order valence-corrected chi connectivity index (χ3v) is 6.31. The highest BCUT2D eigenvalue weighted by Gasteiger charge is 2.33. The molecule has 1 saturated carbocycles. The quantitative estimate of drug-likeness (QED) is 0.463. The molecule has 1 atom stereocenters. The van der Waals surface area contributed by atoms with Gasteiger partial charge in [-0.3, -0.25) is 9.78 Å². The average Bonchev–Trinajstić information content (AvgIpc) is 2.79. The van der Waals surface area contributed by atoms with Gasteiger partial charge in [0.25, 0.3) is 0 Å². The number of hydrogen-bond acceptors (Lipinski definition) is 3. The molecule has 1 amide bonds. The van der Waals surface area contributed by atoms with E-state index < -0.39 is 0 Å². The van der Waals surface area contributed by atoms with Crippen molar-refractivity contribution in [2.24, 2.45) is 5.92 Å². The van der Waals surface area contributed by atoms with Crippen LogP contribution < -0.4 is 5.32 Å². The molecule has 1 heterocycles. The summed E-state index contributed by atoms with van der Waals surface area (Å²) < 4.78 is 0. The van der Waals surface area contributed by atoms with E-state index in [4.69, 9.17) is 0 Å². The summed E-state index contributed by atoms with van der Waals surface area (Å²) in [4.78, 5) is 28.6. The van der Waals surface area contributed by atoms with Gasteiger partial charge in [0.1, 0.15) is 0 Å². The number of nitrogens with one attached hydrogen (secondary N) is 1. The van der Waals surface area contributed by atoms with Crippen LogP contribution >= 0.6 is 0 Å². The van der Waals surface area contributed by atoms with E-state index in [1.807, 2.05) is 43.5 Å². The van der Waals surface area contributed by atoms with E-state index in [9.17, 15) is 9.59 Å². The smallest absolute Gasteiger partial charge is 0.220 e. The normalized spacial score (nSPS) is 19.8. The predicted molar refractivity (Wildman–Crippen MR) is 123 cm³/mol. The van der Waals surface area contributed by atoms with Gasteiger partial charge in [-0.15, -0.1) is 0 Å². The van der Waals surface area contributed by atoms with Gasteiger partial charge < -0.3 is 10.1 Å². The minimum Gasteiger partial charge on any atom is -0.326 e. The number of para-hydroxylation sites is 1. The van der Waals surface area contributed by atoms with Crippen LogP contribution in [0.5, 0.6) is 0 Å². The van der Waals surface area contributed by atoms with Gasteiger partial charge in [0, 0.05) is 23.1 Å². The van der Waals surface area contributed by atoms with Crippen molar-refractivity contribution in [2.45, 2.75) is 44.3 Å². The molecule has 0 spiro atoms. The van der Waals surface area contributed by atoms with Gasteiger partial charge in [0.15, 0.2) is 0 Å². The van der Waals surface area contributed by atoms with Gasteiger partial charge in [0.2, 0.25) is 13.2 Å². The molecule has 0 bridgehead atoms. The fourth-order valence-corrected chi connectivity index (χ4v) is 4.67. The van der Waals surface area contributed by atoms with E-state index in [2.05, 4.69) is 34.6 Å². The van der Waals surface area contributed by atoms with Gasteiger partial charge >= 0.3 is 0 Å². The third kappa shape index (κ3) is 4.45. The van der Waals surface area contributed by atoms with Gasteiger partial charge in [-0.05, 0) is 74.3 Å². The van der Waals surface area contributed by atoms with Gasteiger partial charge in [-0.1, -0.05) is 35.9 Å². The van der Waals surface area contributed by atoms with Crippen LogP contribution in [0.1, 0.15) is 42.7 Å². The van der Waals surface area contributed by atoms with E-state index >= 15 is 0 Å². The van der Waals surface area contributed by atoms with Crippen LogP contribution in [0, 0.1) is 12.8 Å². The number of pyridine rings is 1. The van der Waals surface area contributed by atoms with Crippen LogP contribution in [0.15, 0.2) is 60.8 Å². The highest BCUT2D eigenvalue weighted by Crippen LogP contribution is 2.42. The molecule has 2 aromatic carbocycles. The number of amides is 1. The number of hydrogen-bond donors (Lipinski definition) is 1. The number of carbonyl (C=O) groups is 2. The molecule has 3 aromatic rings. The topological polar surface area (TPSA) is 59.1 Å². The van der Waals surface area contributed by atoms with Crippen molar-refractivity contribution < 1.29 is 9.59 Å². The fraction of sp³-hybridized carbons (Fsp3) is 0.320. The Hall–Kier alpha value is -2.95. The summed E-state index contributed by atoms with van der Waals surface area (Å²) in [5.74, 6) is 0.166. The zero-order chi connectivity index (χ0) is 20.9. The van der Waals surface area contributed by atoms with Crippen molar-refractivity contribution in [1.29, 1.82) is 0 Å². The van der Waals surface area contributed by atoms with Crippen LogP contribution in [-0.4, -0.2) is 24.4 Å². The molecule has 4 rings (SSSR count).